The maximum absolute atomic E-state index is 13.7. The van der Waals surface area contributed by atoms with E-state index in [9.17, 15) is 22.8 Å². The fraction of sp³-hybridized carbons (Fsp3) is 0.579. The monoisotopic (exact) mass is 387 g/mol. The maximum atomic E-state index is 13.7. The standard InChI is InChI=1S/C19H24F3NO4/c1-17(2,3)27-16(25)23-11-9-18(10-12-23,19(20,21)22)15(24)26-13-14-7-5-4-6-8-14/h4-8H,9-13H2,1-3H3. The topological polar surface area (TPSA) is 55.8 Å². The third-order valence-electron chi connectivity index (χ3n) is 4.41. The van der Waals surface area contributed by atoms with Crippen molar-refractivity contribution in [1.29, 1.82) is 0 Å². The van der Waals surface area contributed by atoms with Crippen LogP contribution in [0.25, 0.3) is 0 Å². The van der Waals surface area contributed by atoms with Crippen molar-refractivity contribution in [1.82, 2.24) is 4.90 Å². The molecule has 1 aromatic rings. The van der Waals surface area contributed by atoms with Crippen LogP contribution in [0.5, 0.6) is 0 Å². The molecule has 1 aromatic carbocycles. The summed E-state index contributed by atoms with van der Waals surface area (Å²) in [6.07, 6.45) is -6.55. The van der Waals surface area contributed by atoms with Crippen LogP contribution in [0.1, 0.15) is 39.2 Å². The second-order valence-corrected chi connectivity index (χ2v) is 7.61. The Kier molecular flexibility index (Phi) is 6.07. The van der Waals surface area contributed by atoms with Crippen LogP contribution in [-0.4, -0.2) is 41.8 Å². The van der Waals surface area contributed by atoms with Crippen molar-refractivity contribution in [2.24, 2.45) is 5.41 Å². The zero-order valence-electron chi connectivity index (χ0n) is 15.6. The molecule has 0 atom stereocenters. The number of piperidine rings is 1. The van der Waals surface area contributed by atoms with Crippen LogP contribution in [0.15, 0.2) is 30.3 Å². The van der Waals surface area contributed by atoms with E-state index in [-0.39, 0.29) is 19.7 Å². The molecule has 0 saturated carbocycles. The SMILES string of the molecule is CC(C)(C)OC(=O)N1CCC(C(=O)OCc2ccccc2)(C(F)(F)F)CC1. The molecule has 0 radical (unpaired) electrons. The summed E-state index contributed by atoms with van der Waals surface area (Å²) in [5.74, 6) is -1.30. The number of carbonyl (C=O) groups is 2. The fourth-order valence-electron chi connectivity index (χ4n) is 2.86. The number of nitrogens with zero attached hydrogens (tertiary/aromatic N) is 1. The van der Waals surface area contributed by atoms with E-state index in [0.29, 0.717) is 5.56 Å². The molecule has 0 aliphatic carbocycles. The molecule has 0 aromatic heterocycles. The van der Waals surface area contributed by atoms with Gasteiger partial charge in [0.1, 0.15) is 12.2 Å². The summed E-state index contributed by atoms with van der Waals surface area (Å²) in [4.78, 5) is 25.6. The van der Waals surface area contributed by atoms with Gasteiger partial charge in [0.25, 0.3) is 0 Å². The number of carbonyl (C=O) groups excluding carboxylic acids is 2. The van der Waals surface area contributed by atoms with E-state index in [1.807, 2.05) is 0 Å². The number of amides is 1. The van der Waals surface area contributed by atoms with Gasteiger partial charge in [0.15, 0.2) is 5.41 Å². The van der Waals surface area contributed by atoms with E-state index in [4.69, 9.17) is 9.47 Å². The van der Waals surface area contributed by atoms with Gasteiger partial charge in [-0.15, -0.1) is 0 Å². The lowest BCUT2D eigenvalue weighted by Crippen LogP contribution is -2.54. The number of alkyl halides is 3. The molecule has 150 valence electrons. The molecule has 0 bridgehead atoms. The van der Waals surface area contributed by atoms with Gasteiger partial charge in [0.2, 0.25) is 0 Å². The van der Waals surface area contributed by atoms with E-state index in [1.54, 1.807) is 51.1 Å². The van der Waals surface area contributed by atoms with Gasteiger partial charge in [-0.3, -0.25) is 4.79 Å². The molecular formula is C19H24F3NO4. The molecular weight excluding hydrogens is 363 g/mol. The number of hydrogen-bond acceptors (Lipinski definition) is 4. The van der Waals surface area contributed by atoms with Gasteiger partial charge in [-0.05, 0) is 39.2 Å². The van der Waals surface area contributed by atoms with Crippen LogP contribution in [0.4, 0.5) is 18.0 Å². The quantitative estimate of drug-likeness (QED) is 0.726. The van der Waals surface area contributed by atoms with Crippen molar-refractivity contribution in [3.63, 3.8) is 0 Å². The summed E-state index contributed by atoms with van der Waals surface area (Å²) in [5, 5.41) is 0. The van der Waals surface area contributed by atoms with E-state index >= 15 is 0 Å². The average molecular weight is 387 g/mol. The highest BCUT2D eigenvalue weighted by molar-refractivity contribution is 5.78. The number of hydrogen-bond donors (Lipinski definition) is 0. The minimum Gasteiger partial charge on any atom is -0.460 e. The fourth-order valence-corrected chi connectivity index (χ4v) is 2.86. The Morgan fingerprint density at radius 2 is 1.63 bits per heavy atom. The highest BCUT2D eigenvalue weighted by atomic mass is 19.4. The Bertz CT molecular complexity index is 660. The molecule has 5 nitrogen and oxygen atoms in total. The van der Waals surface area contributed by atoms with Crippen LogP contribution in [0.2, 0.25) is 0 Å². The Labute approximate surface area is 156 Å². The summed E-state index contributed by atoms with van der Waals surface area (Å²) in [5.41, 5.74) is -2.75. The zero-order valence-corrected chi connectivity index (χ0v) is 15.6. The Morgan fingerprint density at radius 3 is 2.11 bits per heavy atom. The van der Waals surface area contributed by atoms with Gasteiger partial charge >= 0.3 is 18.2 Å². The molecule has 8 heteroatoms. The van der Waals surface area contributed by atoms with Gasteiger partial charge in [-0.25, -0.2) is 4.79 Å². The molecule has 1 heterocycles. The average Bonchev–Trinajstić information content (AvgIpc) is 2.58. The molecule has 0 N–H and O–H groups in total. The van der Waals surface area contributed by atoms with E-state index in [1.165, 1.54) is 4.90 Å². The molecule has 0 spiro atoms. The van der Waals surface area contributed by atoms with Gasteiger partial charge in [0.05, 0.1) is 0 Å². The highest BCUT2D eigenvalue weighted by Crippen LogP contribution is 2.47. The lowest BCUT2D eigenvalue weighted by molar-refractivity contribution is -0.245. The number of likely N-dealkylation sites (tertiary alicyclic amines) is 1. The Hall–Kier alpha value is -2.25. The summed E-state index contributed by atoms with van der Waals surface area (Å²) >= 11 is 0. The summed E-state index contributed by atoms with van der Waals surface area (Å²) < 4.78 is 51.4. The first kappa shape index (κ1) is 21.1. The normalized spacial score (nSPS) is 17.3. The minimum absolute atomic E-state index is 0.227. The van der Waals surface area contributed by atoms with Crippen LogP contribution in [0, 0.1) is 5.41 Å². The van der Waals surface area contributed by atoms with Crippen molar-refractivity contribution in [3.8, 4) is 0 Å². The van der Waals surface area contributed by atoms with Gasteiger partial charge in [0, 0.05) is 13.1 Å². The van der Waals surface area contributed by atoms with Crippen LogP contribution < -0.4 is 0 Å². The summed E-state index contributed by atoms with van der Waals surface area (Å²) in [7, 11) is 0. The maximum Gasteiger partial charge on any atom is 0.410 e. The largest absolute Gasteiger partial charge is 0.460 e. The smallest absolute Gasteiger partial charge is 0.410 e. The number of rotatable bonds is 3. The first-order valence-corrected chi connectivity index (χ1v) is 8.70. The predicted octanol–water partition coefficient (Wildman–Crippen LogP) is 4.31. The van der Waals surface area contributed by atoms with Crippen molar-refractivity contribution < 1.29 is 32.2 Å². The van der Waals surface area contributed by atoms with Crippen LogP contribution >= 0.6 is 0 Å². The molecule has 1 aliphatic heterocycles. The molecule has 1 aliphatic rings. The number of halogens is 3. The number of ether oxygens (including phenoxy) is 2. The molecule has 1 fully saturated rings. The van der Waals surface area contributed by atoms with E-state index < -0.39 is 42.1 Å². The molecule has 27 heavy (non-hydrogen) atoms. The predicted molar refractivity (Wildman–Crippen MR) is 91.8 cm³/mol. The number of benzene rings is 1. The lowest BCUT2D eigenvalue weighted by atomic mass is 9.77. The second kappa shape index (κ2) is 7.78. The van der Waals surface area contributed by atoms with Crippen molar-refractivity contribution in [3.05, 3.63) is 35.9 Å². The zero-order chi connectivity index (χ0) is 20.3. The lowest BCUT2D eigenvalue weighted by Gasteiger charge is -2.40. The van der Waals surface area contributed by atoms with E-state index in [0.717, 1.165) is 0 Å². The molecule has 0 unspecified atom stereocenters. The van der Waals surface area contributed by atoms with Crippen molar-refractivity contribution in [2.45, 2.75) is 52.0 Å². The summed E-state index contributed by atoms with van der Waals surface area (Å²) in [6.45, 7) is 4.35. The Morgan fingerprint density at radius 1 is 1.07 bits per heavy atom. The van der Waals surface area contributed by atoms with Gasteiger partial charge < -0.3 is 14.4 Å². The first-order chi connectivity index (χ1) is 12.4. The van der Waals surface area contributed by atoms with Crippen molar-refractivity contribution in [2.75, 3.05) is 13.1 Å². The van der Waals surface area contributed by atoms with Crippen molar-refractivity contribution >= 4 is 12.1 Å². The third kappa shape index (κ3) is 5.14. The second-order valence-electron chi connectivity index (χ2n) is 7.61. The summed E-state index contributed by atoms with van der Waals surface area (Å²) in [6, 6.07) is 8.51. The first-order valence-electron chi connectivity index (χ1n) is 8.70. The minimum atomic E-state index is -4.76. The highest BCUT2D eigenvalue weighted by Gasteiger charge is 2.62. The van der Waals surface area contributed by atoms with Crippen LogP contribution in [-0.2, 0) is 20.9 Å². The van der Waals surface area contributed by atoms with E-state index in [2.05, 4.69) is 0 Å². The molecule has 1 saturated heterocycles. The third-order valence-corrected chi connectivity index (χ3v) is 4.41. The Balaban J connectivity index is 2.06. The molecule has 1 amide bonds. The number of esters is 1. The van der Waals surface area contributed by atoms with Crippen LogP contribution in [0.3, 0.4) is 0 Å². The van der Waals surface area contributed by atoms with Gasteiger partial charge in [-0.1, -0.05) is 30.3 Å². The molecule has 2 rings (SSSR count). The van der Waals surface area contributed by atoms with Gasteiger partial charge in [-0.2, -0.15) is 13.2 Å².